The van der Waals surface area contributed by atoms with Crippen molar-refractivity contribution in [2.75, 3.05) is 0 Å². The van der Waals surface area contributed by atoms with Crippen LogP contribution in [-0.2, 0) is 23.0 Å². The summed E-state index contributed by atoms with van der Waals surface area (Å²) in [6.45, 7) is 13.3. The average molecular weight is 579 g/mol. The van der Waals surface area contributed by atoms with Gasteiger partial charge in [-0.15, -0.1) is 0 Å². The Labute approximate surface area is 250 Å². The van der Waals surface area contributed by atoms with Gasteiger partial charge in [-0.25, -0.2) is 0 Å². The van der Waals surface area contributed by atoms with Gasteiger partial charge in [0.15, 0.2) is 0 Å². The van der Waals surface area contributed by atoms with Crippen molar-refractivity contribution < 1.29 is 13.0 Å². The lowest BCUT2D eigenvalue weighted by molar-refractivity contribution is 0.480. The summed E-state index contributed by atoms with van der Waals surface area (Å²) in [6, 6.07) is 1.81. The van der Waals surface area contributed by atoms with E-state index >= 15 is 0 Å². The molecule has 0 atom stereocenters. The molecule has 0 heterocycles. The molecule has 0 saturated heterocycles. The number of hydrogen-bond acceptors (Lipinski definition) is 2. The van der Waals surface area contributed by atoms with E-state index in [1.807, 2.05) is 6.07 Å². The monoisotopic (exact) mass is 578 g/mol. The van der Waals surface area contributed by atoms with Crippen LogP contribution >= 0.6 is 0 Å². The first-order valence-electron chi connectivity index (χ1n) is 17.3. The topological polar surface area (TPSA) is 54.4 Å². The van der Waals surface area contributed by atoms with E-state index in [1.54, 1.807) is 0 Å². The largest absolute Gasteiger partial charge is 0.294 e. The summed E-state index contributed by atoms with van der Waals surface area (Å²) < 4.78 is 35.6. The fourth-order valence-corrected chi connectivity index (χ4v) is 7.13. The summed E-state index contributed by atoms with van der Waals surface area (Å²) in [5.41, 5.74) is 4.56. The van der Waals surface area contributed by atoms with Crippen LogP contribution in [0.1, 0.15) is 204 Å². The van der Waals surface area contributed by atoms with E-state index in [2.05, 4.69) is 41.5 Å². The van der Waals surface area contributed by atoms with E-state index < -0.39 is 10.1 Å². The molecule has 0 fully saturated rings. The quantitative estimate of drug-likeness (QED) is 0.0927. The fraction of sp³-hybridized carbons (Fsp3) is 0.833. The molecule has 3 nitrogen and oxygen atoms in total. The maximum Gasteiger partial charge on any atom is 0.294 e. The Morgan fingerprint density at radius 2 is 0.900 bits per heavy atom. The number of unbranched alkanes of at least 4 members (excludes halogenated alkanes) is 18. The number of hydrogen-bond donors (Lipinski definition) is 1. The third kappa shape index (κ3) is 14.9. The van der Waals surface area contributed by atoms with Crippen LogP contribution in [0.15, 0.2) is 11.0 Å². The highest BCUT2D eigenvalue weighted by atomic mass is 32.2. The van der Waals surface area contributed by atoms with Gasteiger partial charge in [-0.1, -0.05) is 157 Å². The SMILES string of the molecule is CCCCCCCCCCCCc1c(S(=O)(=O)O)cc(C(C)C)c(C(C)C)c1CCCCCCCCCCCC. The van der Waals surface area contributed by atoms with E-state index in [0.717, 1.165) is 43.2 Å². The lowest BCUT2D eigenvalue weighted by Gasteiger charge is -2.26. The van der Waals surface area contributed by atoms with Crippen LogP contribution in [0, 0.1) is 0 Å². The molecule has 1 aromatic carbocycles. The number of rotatable bonds is 25. The van der Waals surface area contributed by atoms with E-state index in [4.69, 9.17) is 0 Å². The first-order valence-corrected chi connectivity index (χ1v) is 18.7. The molecule has 40 heavy (non-hydrogen) atoms. The first kappa shape index (κ1) is 37.2. The molecule has 234 valence electrons. The molecule has 0 radical (unpaired) electrons. The van der Waals surface area contributed by atoms with Crippen molar-refractivity contribution in [3.63, 3.8) is 0 Å². The lowest BCUT2D eigenvalue weighted by atomic mass is 9.81. The molecule has 0 aliphatic carbocycles. The molecule has 0 aliphatic heterocycles. The molecule has 0 aliphatic rings. The van der Waals surface area contributed by atoms with Gasteiger partial charge in [0.25, 0.3) is 10.1 Å². The zero-order valence-corrected chi connectivity index (χ0v) is 28.3. The van der Waals surface area contributed by atoms with E-state index in [9.17, 15) is 13.0 Å². The van der Waals surface area contributed by atoms with Crippen LogP contribution in [-0.4, -0.2) is 13.0 Å². The molecule has 1 rings (SSSR count). The van der Waals surface area contributed by atoms with Crippen LogP contribution in [0.3, 0.4) is 0 Å². The molecule has 1 N–H and O–H groups in total. The van der Waals surface area contributed by atoms with Crippen molar-refractivity contribution in [3.8, 4) is 0 Å². The molecule has 0 amide bonds. The maximum absolute atomic E-state index is 12.6. The zero-order chi connectivity index (χ0) is 29.8. The van der Waals surface area contributed by atoms with Gasteiger partial charge >= 0.3 is 0 Å². The molecular weight excluding hydrogens is 512 g/mol. The minimum atomic E-state index is -4.27. The summed E-state index contributed by atoms with van der Waals surface area (Å²) in [6.07, 6.45) is 27.2. The molecule has 0 bridgehead atoms. The Hall–Kier alpha value is -0.870. The normalized spacial score (nSPS) is 12.2. The first-order chi connectivity index (χ1) is 19.1. The molecule has 4 heteroatoms. The molecule has 0 aromatic heterocycles. The Morgan fingerprint density at radius 1 is 0.550 bits per heavy atom. The van der Waals surface area contributed by atoms with Crippen LogP contribution < -0.4 is 0 Å². The van der Waals surface area contributed by atoms with Gasteiger partial charge in [0.05, 0.1) is 4.90 Å². The summed E-state index contributed by atoms with van der Waals surface area (Å²) >= 11 is 0. The van der Waals surface area contributed by atoms with Crippen LogP contribution in [0.2, 0.25) is 0 Å². The summed E-state index contributed by atoms with van der Waals surface area (Å²) in [7, 11) is -4.27. The molecular formula is C36H66O3S. The zero-order valence-electron chi connectivity index (χ0n) is 27.5. The number of benzene rings is 1. The fourth-order valence-electron chi connectivity index (χ4n) is 6.32. The molecule has 1 aromatic rings. The van der Waals surface area contributed by atoms with E-state index in [1.165, 1.54) is 120 Å². The van der Waals surface area contributed by atoms with Gasteiger partial charge in [-0.2, -0.15) is 8.42 Å². The minimum Gasteiger partial charge on any atom is -0.282 e. The highest BCUT2D eigenvalue weighted by Gasteiger charge is 2.26. The predicted molar refractivity (Wildman–Crippen MR) is 176 cm³/mol. The maximum atomic E-state index is 12.6. The smallest absolute Gasteiger partial charge is 0.282 e. The van der Waals surface area contributed by atoms with Crippen molar-refractivity contribution in [2.45, 2.75) is 200 Å². The van der Waals surface area contributed by atoms with E-state index in [0.29, 0.717) is 5.92 Å². The minimum absolute atomic E-state index is 0.179. The van der Waals surface area contributed by atoms with Gasteiger partial charge in [0, 0.05) is 0 Å². The Kier molecular flexibility index (Phi) is 20.2. The van der Waals surface area contributed by atoms with Crippen molar-refractivity contribution in [3.05, 3.63) is 28.3 Å². The van der Waals surface area contributed by atoms with Gasteiger partial charge < -0.3 is 0 Å². The van der Waals surface area contributed by atoms with Crippen molar-refractivity contribution >= 4 is 10.1 Å². The highest BCUT2D eigenvalue weighted by Crippen LogP contribution is 2.37. The second-order valence-corrected chi connectivity index (χ2v) is 14.4. The second-order valence-electron chi connectivity index (χ2n) is 13.0. The highest BCUT2D eigenvalue weighted by molar-refractivity contribution is 7.85. The summed E-state index contributed by atoms with van der Waals surface area (Å²) in [5.74, 6) is 0.549. The predicted octanol–water partition coefficient (Wildman–Crippen LogP) is 12.1. The van der Waals surface area contributed by atoms with Gasteiger partial charge in [-0.05, 0) is 65.8 Å². The van der Waals surface area contributed by atoms with Crippen molar-refractivity contribution in [1.29, 1.82) is 0 Å². The average Bonchev–Trinajstić information content (AvgIpc) is 2.89. The summed E-state index contributed by atoms with van der Waals surface area (Å²) in [5, 5.41) is 0. The lowest BCUT2D eigenvalue weighted by Crippen LogP contribution is -2.14. The van der Waals surface area contributed by atoms with Crippen LogP contribution in [0.4, 0.5) is 0 Å². The van der Waals surface area contributed by atoms with Crippen LogP contribution in [0.5, 0.6) is 0 Å². The van der Waals surface area contributed by atoms with Gasteiger partial charge in [0.2, 0.25) is 0 Å². The third-order valence-corrected chi connectivity index (χ3v) is 9.54. The van der Waals surface area contributed by atoms with Crippen LogP contribution in [0.25, 0.3) is 0 Å². The summed E-state index contributed by atoms with van der Waals surface area (Å²) in [4.78, 5) is 0.179. The standard InChI is InChI=1S/C36H66O3S/c1-7-9-11-13-15-17-19-21-23-25-27-32-33(28-26-24-22-20-18-16-14-12-10-8-2)36(31(5)6)34(30(3)4)29-35(32)40(37,38)39/h29-31H,7-28H2,1-6H3,(H,37,38,39). The molecule has 0 unspecified atom stereocenters. The third-order valence-electron chi connectivity index (χ3n) is 8.62. The van der Waals surface area contributed by atoms with Gasteiger partial charge in [0.1, 0.15) is 0 Å². The van der Waals surface area contributed by atoms with Gasteiger partial charge in [-0.3, -0.25) is 4.55 Å². The Morgan fingerprint density at radius 3 is 1.23 bits per heavy atom. The Balaban J connectivity index is 2.90. The molecule has 0 spiro atoms. The Bertz CT molecular complexity index is 886. The van der Waals surface area contributed by atoms with E-state index in [-0.39, 0.29) is 10.8 Å². The van der Waals surface area contributed by atoms with Crippen molar-refractivity contribution in [1.82, 2.24) is 0 Å². The van der Waals surface area contributed by atoms with Crippen molar-refractivity contribution in [2.24, 2.45) is 0 Å². The molecule has 0 saturated carbocycles. The second kappa shape index (κ2) is 21.8.